The Morgan fingerprint density at radius 3 is 1.68 bits per heavy atom. The molecule has 0 aliphatic heterocycles. The average molecular weight is 339 g/mol. The molecule has 1 atom stereocenters. The first kappa shape index (κ1) is 20.0. The van der Waals surface area contributed by atoms with Crippen LogP contribution in [0.2, 0.25) is 0 Å². The Bertz CT molecular complexity index is 631. The van der Waals surface area contributed by atoms with Crippen LogP contribution in [0.15, 0.2) is 42.0 Å². The van der Waals surface area contributed by atoms with E-state index in [4.69, 9.17) is 0 Å². The molecule has 0 radical (unpaired) electrons. The smallest absolute Gasteiger partial charge is 0.00243 e. The van der Waals surface area contributed by atoms with Crippen LogP contribution in [0.4, 0.5) is 0 Å². The molecule has 138 valence electrons. The van der Waals surface area contributed by atoms with E-state index in [0.29, 0.717) is 5.92 Å². The molecule has 0 aromatic heterocycles. The van der Waals surface area contributed by atoms with Gasteiger partial charge in [0.2, 0.25) is 0 Å². The Kier molecular flexibility index (Phi) is 5.43. The fraction of sp³-hybridized carbons (Fsp3) is 0.600. The lowest BCUT2D eigenvalue weighted by Crippen LogP contribution is -2.17. The molecule has 0 heterocycles. The van der Waals surface area contributed by atoms with Gasteiger partial charge in [0.25, 0.3) is 0 Å². The number of allylic oxidation sites excluding steroid dienone is 4. The van der Waals surface area contributed by atoms with Crippen LogP contribution in [0.5, 0.6) is 0 Å². The fourth-order valence-electron chi connectivity index (χ4n) is 3.37. The third kappa shape index (κ3) is 5.09. The molecule has 0 saturated heterocycles. The molecule has 1 aromatic carbocycles. The van der Waals surface area contributed by atoms with Gasteiger partial charge in [-0.2, -0.15) is 0 Å². The molecule has 0 heteroatoms. The van der Waals surface area contributed by atoms with Gasteiger partial charge >= 0.3 is 0 Å². The van der Waals surface area contributed by atoms with Crippen molar-refractivity contribution >= 4 is 0 Å². The van der Waals surface area contributed by atoms with Crippen molar-refractivity contribution in [2.75, 3.05) is 0 Å². The zero-order valence-corrected chi connectivity index (χ0v) is 18.0. The lowest BCUT2D eigenvalue weighted by molar-refractivity contribution is 0.515. The molecule has 1 aromatic rings. The van der Waals surface area contributed by atoms with Crippen LogP contribution in [0.1, 0.15) is 97.8 Å². The number of hydrogen-bond acceptors (Lipinski definition) is 0. The summed E-state index contributed by atoms with van der Waals surface area (Å²) < 4.78 is 0. The SMILES string of the molecule is CC(C)(C)C1=CCCC(c2cc(C(C)(C)C)cc(C(C)(C)C)c2)C=C1. The second-order valence-corrected chi connectivity index (χ2v) is 10.8. The van der Waals surface area contributed by atoms with Crippen LogP contribution in [0.3, 0.4) is 0 Å². The fourth-order valence-corrected chi connectivity index (χ4v) is 3.37. The largest absolute Gasteiger partial charge is 0.0808 e. The molecule has 1 aliphatic rings. The molecule has 25 heavy (non-hydrogen) atoms. The molecule has 0 amide bonds. The first-order valence-electron chi connectivity index (χ1n) is 9.83. The molecule has 0 saturated carbocycles. The van der Waals surface area contributed by atoms with Crippen molar-refractivity contribution in [3.63, 3.8) is 0 Å². The highest BCUT2D eigenvalue weighted by molar-refractivity contribution is 5.41. The third-order valence-electron chi connectivity index (χ3n) is 5.33. The van der Waals surface area contributed by atoms with Crippen molar-refractivity contribution in [1.29, 1.82) is 0 Å². The van der Waals surface area contributed by atoms with E-state index in [0.717, 1.165) is 6.42 Å². The summed E-state index contributed by atoms with van der Waals surface area (Å²) >= 11 is 0. The summed E-state index contributed by atoms with van der Waals surface area (Å²) in [5.74, 6) is 0.513. The minimum Gasteiger partial charge on any atom is -0.0808 e. The standard InChI is InChI=1S/C25H38/c1-23(2,3)20-12-10-11-18(13-14-20)19-15-21(24(4,5)6)17-22(16-19)25(7,8)9/h12-18H,10-11H2,1-9H3. The van der Waals surface area contributed by atoms with E-state index >= 15 is 0 Å². The summed E-state index contributed by atoms with van der Waals surface area (Å²) in [5.41, 5.74) is 6.46. The predicted molar refractivity (Wildman–Crippen MR) is 112 cm³/mol. The van der Waals surface area contributed by atoms with Gasteiger partial charge in [-0.25, -0.2) is 0 Å². The maximum Gasteiger partial charge on any atom is 0.00243 e. The molecule has 2 rings (SSSR count). The van der Waals surface area contributed by atoms with E-state index in [1.807, 2.05) is 0 Å². The molecule has 0 fully saturated rings. The Labute approximate surface area is 156 Å². The molecular formula is C25H38. The van der Waals surface area contributed by atoms with Gasteiger partial charge in [-0.05, 0) is 51.4 Å². The quantitative estimate of drug-likeness (QED) is 0.492. The van der Waals surface area contributed by atoms with Crippen LogP contribution in [0.25, 0.3) is 0 Å². The summed E-state index contributed by atoms with van der Waals surface area (Å²) in [7, 11) is 0. The molecule has 0 nitrogen and oxygen atoms in total. The number of benzene rings is 1. The lowest BCUT2D eigenvalue weighted by atomic mass is 9.77. The lowest BCUT2D eigenvalue weighted by Gasteiger charge is -2.27. The third-order valence-corrected chi connectivity index (χ3v) is 5.33. The van der Waals surface area contributed by atoms with E-state index in [9.17, 15) is 0 Å². The minimum atomic E-state index is 0.180. The second kappa shape index (κ2) is 6.78. The molecule has 0 spiro atoms. The van der Waals surface area contributed by atoms with E-state index in [-0.39, 0.29) is 16.2 Å². The number of rotatable bonds is 1. The zero-order chi connectivity index (χ0) is 19.0. The normalized spacial score (nSPS) is 19.6. The number of hydrogen-bond donors (Lipinski definition) is 0. The summed E-state index contributed by atoms with van der Waals surface area (Å²) in [6, 6.07) is 7.32. The van der Waals surface area contributed by atoms with Gasteiger partial charge in [0.05, 0.1) is 0 Å². The maximum atomic E-state index is 2.45. The van der Waals surface area contributed by atoms with Gasteiger partial charge in [0, 0.05) is 5.92 Å². The van der Waals surface area contributed by atoms with Crippen molar-refractivity contribution in [2.45, 2.75) is 91.9 Å². The maximum absolute atomic E-state index is 2.45. The van der Waals surface area contributed by atoms with Gasteiger partial charge < -0.3 is 0 Å². The summed E-state index contributed by atoms with van der Waals surface area (Å²) in [5, 5.41) is 0. The first-order valence-corrected chi connectivity index (χ1v) is 9.83. The van der Waals surface area contributed by atoms with Gasteiger partial charge in [0.15, 0.2) is 0 Å². The topological polar surface area (TPSA) is 0 Å². The molecular weight excluding hydrogens is 300 g/mol. The minimum absolute atomic E-state index is 0.180. The highest BCUT2D eigenvalue weighted by Gasteiger charge is 2.23. The summed E-state index contributed by atoms with van der Waals surface area (Å²) in [4.78, 5) is 0. The molecule has 0 bridgehead atoms. The molecule has 1 aliphatic carbocycles. The molecule has 0 N–H and O–H groups in total. The van der Waals surface area contributed by atoms with Gasteiger partial charge in [-0.15, -0.1) is 0 Å². The second-order valence-electron chi connectivity index (χ2n) is 10.8. The van der Waals surface area contributed by atoms with E-state index in [1.54, 1.807) is 0 Å². The Hall–Kier alpha value is -1.30. The van der Waals surface area contributed by atoms with E-state index in [1.165, 1.54) is 28.7 Å². The van der Waals surface area contributed by atoms with Crippen molar-refractivity contribution in [2.24, 2.45) is 5.41 Å². The van der Waals surface area contributed by atoms with Crippen LogP contribution < -0.4 is 0 Å². The van der Waals surface area contributed by atoms with Gasteiger partial charge in [-0.3, -0.25) is 0 Å². The first-order chi connectivity index (χ1) is 11.3. The van der Waals surface area contributed by atoms with Gasteiger partial charge in [-0.1, -0.05) is 98.7 Å². The predicted octanol–water partition coefficient (Wildman–Crippen LogP) is 7.69. The zero-order valence-electron chi connectivity index (χ0n) is 18.0. The van der Waals surface area contributed by atoms with Crippen LogP contribution in [-0.2, 0) is 10.8 Å². The summed E-state index contributed by atoms with van der Waals surface area (Å²) in [6.45, 7) is 20.8. The van der Waals surface area contributed by atoms with Crippen molar-refractivity contribution in [1.82, 2.24) is 0 Å². The Morgan fingerprint density at radius 1 is 0.720 bits per heavy atom. The van der Waals surface area contributed by atoms with E-state index in [2.05, 4.69) is 98.7 Å². The van der Waals surface area contributed by atoms with Crippen molar-refractivity contribution < 1.29 is 0 Å². The monoisotopic (exact) mass is 338 g/mol. The van der Waals surface area contributed by atoms with Crippen LogP contribution >= 0.6 is 0 Å². The molecule has 1 unspecified atom stereocenters. The Balaban J connectivity index is 2.46. The highest BCUT2D eigenvalue weighted by Crippen LogP contribution is 2.37. The summed E-state index contributed by atoms with van der Waals surface area (Å²) in [6.07, 6.45) is 9.62. The van der Waals surface area contributed by atoms with Crippen LogP contribution in [0, 0.1) is 5.41 Å². The highest BCUT2D eigenvalue weighted by atomic mass is 14.3. The van der Waals surface area contributed by atoms with Crippen LogP contribution in [-0.4, -0.2) is 0 Å². The average Bonchev–Trinajstić information content (AvgIpc) is 2.70. The Morgan fingerprint density at radius 2 is 1.24 bits per heavy atom. The van der Waals surface area contributed by atoms with Gasteiger partial charge in [0.1, 0.15) is 0 Å². The van der Waals surface area contributed by atoms with E-state index < -0.39 is 0 Å². The van der Waals surface area contributed by atoms with Crippen molar-refractivity contribution in [3.8, 4) is 0 Å². The van der Waals surface area contributed by atoms with Crippen molar-refractivity contribution in [3.05, 3.63) is 58.7 Å².